The maximum atomic E-state index is 7.99. The molecule has 0 amide bonds. The van der Waals surface area contributed by atoms with Crippen molar-refractivity contribution in [1.82, 2.24) is 10.2 Å². The first-order chi connectivity index (χ1) is 10.1. The van der Waals surface area contributed by atoms with Gasteiger partial charge in [0.15, 0.2) is 5.82 Å². The van der Waals surface area contributed by atoms with Crippen molar-refractivity contribution in [3.63, 3.8) is 0 Å². The van der Waals surface area contributed by atoms with Gasteiger partial charge in [0.25, 0.3) is 0 Å². The Morgan fingerprint density at radius 1 is 1.24 bits per heavy atom. The van der Waals surface area contributed by atoms with E-state index >= 15 is 0 Å². The summed E-state index contributed by atoms with van der Waals surface area (Å²) >= 11 is 0. The lowest BCUT2D eigenvalue weighted by Gasteiger charge is -2.33. The molecule has 0 unspecified atom stereocenters. The molecule has 1 saturated carbocycles. The molecule has 1 aliphatic rings. The van der Waals surface area contributed by atoms with Crippen molar-refractivity contribution in [2.75, 3.05) is 18.0 Å². The van der Waals surface area contributed by atoms with Crippen molar-refractivity contribution in [1.29, 1.82) is 5.41 Å². The number of anilines is 1. The van der Waals surface area contributed by atoms with Gasteiger partial charge in [-0.15, -0.1) is 5.10 Å². The molecule has 0 atom stereocenters. The summed E-state index contributed by atoms with van der Waals surface area (Å²) in [5.74, 6) is 1.66. The van der Waals surface area contributed by atoms with Gasteiger partial charge in [0.05, 0.1) is 11.3 Å². The Balaban J connectivity index is 2.42. The van der Waals surface area contributed by atoms with Crippen LogP contribution in [-0.4, -0.2) is 29.1 Å². The third-order valence-electron chi connectivity index (χ3n) is 4.48. The van der Waals surface area contributed by atoms with Crippen LogP contribution in [0.15, 0.2) is 0 Å². The number of aromatic nitrogens is 2. The fourth-order valence-corrected chi connectivity index (χ4v) is 3.02. The number of hydrogen-bond donors (Lipinski definition) is 2. The van der Waals surface area contributed by atoms with Crippen LogP contribution in [-0.2, 0) is 12.8 Å². The van der Waals surface area contributed by atoms with Gasteiger partial charge in [-0.3, -0.25) is 5.41 Å². The number of hydrogen-bond acceptors (Lipinski definition) is 4. The van der Waals surface area contributed by atoms with Crippen molar-refractivity contribution in [2.45, 2.75) is 52.9 Å². The molecule has 1 fully saturated rings. The molecule has 0 saturated heterocycles. The van der Waals surface area contributed by atoms with Gasteiger partial charge in [-0.1, -0.05) is 20.3 Å². The standard InChI is InChI=1S/C16H27N5/c1-4-12-13(5-2)19-20-16(14(12)15(17)18)21(6-3)10-11-8-7-9-11/h11H,4-10H2,1-3H3,(H3,17,18). The highest BCUT2D eigenvalue weighted by atomic mass is 15.3. The highest BCUT2D eigenvalue weighted by Crippen LogP contribution is 2.30. The first-order valence-corrected chi connectivity index (χ1v) is 8.10. The minimum absolute atomic E-state index is 0.110. The maximum Gasteiger partial charge on any atom is 0.162 e. The van der Waals surface area contributed by atoms with Crippen molar-refractivity contribution in [3.05, 3.63) is 16.8 Å². The number of nitrogens with one attached hydrogen (secondary N) is 1. The molecule has 5 nitrogen and oxygen atoms in total. The summed E-state index contributed by atoms with van der Waals surface area (Å²) in [4.78, 5) is 2.24. The van der Waals surface area contributed by atoms with E-state index in [9.17, 15) is 0 Å². The fraction of sp³-hybridized carbons (Fsp3) is 0.688. The molecule has 0 spiro atoms. The average Bonchev–Trinajstić information content (AvgIpc) is 2.44. The molecule has 1 heterocycles. The summed E-state index contributed by atoms with van der Waals surface area (Å²) in [7, 11) is 0. The zero-order valence-corrected chi connectivity index (χ0v) is 13.4. The molecule has 3 N–H and O–H groups in total. The molecule has 1 aromatic rings. The summed E-state index contributed by atoms with van der Waals surface area (Å²) in [5.41, 5.74) is 8.72. The van der Waals surface area contributed by atoms with Gasteiger partial charge in [0.1, 0.15) is 5.84 Å². The van der Waals surface area contributed by atoms with E-state index in [1.165, 1.54) is 19.3 Å². The molecule has 116 valence electrons. The molecule has 2 rings (SSSR count). The van der Waals surface area contributed by atoms with Crippen LogP contribution in [0.5, 0.6) is 0 Å². The Bertz CT molecular complexity index is 508. The van der Waals surface area contributed by atoms with E-state index < -0.39 is 0 Å². The van der Waals surface area contributed by atoms with Crippen LogP contribution >= 0.6 is 0 Å². The Kier molecular flexibility index (Phi) is 5.15. The minimum atomic E-state index is 0.110. The van der Waals surface area contributed by atoms with E-state index in [0.29, 0.717) is 0 Å². The van der Waals surface area contributed by atoms with Crippen LogP contribution in [0.4, 0.5) is 5.82 Å². The van der Waals surface area contributed by atoms with Crippen molar-refractivity contribution in [2.24, 2.45) is 11.7 Å². The zero-order chi connectivity index (χ0) is 15.4. The zero-order valence-electron chi connectivity index (χ0n) is 13.4. The molecule has 0 radical (unpaired) electrons. The van der Waals surface area contributed by atoms with E-state index in [1.807, 2.05) is 0 Å². The van der Waals surface area contributed by atoms with Crippen LogP contribution in [0, 0.1) is 11.3 Å². The monoisotopic (exact) mass is 289 g/mol. The smallest absolute Gasteiger partial charge is 0.162 e. The third-order valence-corrected chi connectivity index (χ3v) is 4.48. The van der Waals surface area contributed by atoms with E-state index in [2.05, 4.69) is 35.9 Å². The lowest BCUT2D eigenvalue weighted by atomic mass is 9.85. The normalized spacial score (nSPS) is 14.8. The SMILES string of the molecule is CCc1nnc(N(CC)CC2CCC2)c(C(=N)N)c1CC. The molecule has 0 bridgehead atoms. The number of nitrogens with two attached hydrogens (primary N) is 1. The number of aryl methyl sites for hydroxylation is 1. The molecular weight excluding hydrogens is 262 g/mol. The van der Waals surface area contributed by atoms with Crippen LogP contribution in [0.25, 0.3) is 0 Å². The van der Waals surface area contributed by atoms with Crippen molar-refractivity contribution >= 4 is 11.7 Å². The predicted molar refractivity (Wildman–Crippen MR) is 87.0 cm³/mol. The first kappa shape index (κ1) is 15.7. The van der Waals surface area contributed by atoms with Gasteiger partial charge in [-0.2, -0.15) is 5.10 Å². The second-order valence-corrected chi connectivity index (χ2v) is 5.78. The van der Waals surface area contributed by atoms with Crippen LogP contribution in [0.3, 0.4) is 0 Å². The van der Waals surface area contributed by atoms with Gasteiger partial charge in [-0.25, -0.2) is 0 Å². The lowest BCUT2D eigenvalue weighted by Crippen LogP contribution is -2.35. The Morgan fingerprint density at radius 2 is 1.95 bits per heavy atom. The van der Waals surface area contributed by atoms with Gasteiger partial charge in [0.2, 0.25) is 0 Å². The second-order valence-electron chi connectivity index (χ2n) is 5.78. The predicted octanol–water partition coefficient (Wildman–Crippen LogP) is 2.51. The Morgan fingerprint density at radius 3 is 2.38 bits per heavy atom. The molecule has 21 heavy (non-hydrogen) atoms. The first-order valence-electron chi connectivity index (χ1n) is 8.10. The van der Waals surface area contributed by atoms with Crippen LogP contribution < -0.4 is 10.6 Å². The van der Waals surface area contributed by atoms with Crippen LogP contribution in [0.1, 0.15) is 56.9 Å². The topological polar surface area (TPSA) is 78.9 Å². The van der Waals surface area contributed by atoms with E-state index in [-0.39, 0.29) is 5.84 Å². The maximum absolute atomic E-state index is 7.99. The number of nitrogen functional groups attached to an aromatic ring is 1. The van der Waals surface area contributed by atoms with Gasteiger partial charge in [0, 0.05) is 13.1 Å². The second kappa shape index (κ2) is 6.87. The summed E-state index contributed by atoms with van der Waals surface area (Å²) in [6.07, 6.45) is 5.59. The summed E-state index contributed by atoms with van der Waals surface area (Å²) in [6.45, 7) is 8.16. The van der Waals surface area contributed by atoms with Gasteiger partial charge >= 0.3 is 0 Å². The van der Waals surface area contributed by atoms with Crippen molar-refractivity contribution in [3.8, 4) is 0 Å². The Hall–Kier alpha value is -1.65. The largest absolute Gasteiger partial charge is 0.384 e. The van der Waals surface area contributed by atoms with Crippen LogP contribution in [0.2, 0.25) is 0 Å². The van der Waals surface area contributed by atoms with Gasteiger partial charge in [-0.05, 0) is 44.1 Å². The summed E-state index contributed by atoms with van der Waals surface area (Å²) < 4.78 is 0. The van der Waals surface area contributed by atoms with E-state index in [0.717, 1.165) is 54.5 Å². The molecule has 0 aliphatic heterocycles. The quantitative estimate of drug-likeness (QED) is 0.597. The molecular formula is C16H27N5. The highest BCUT2D eigenvalue weighted by molar-refractivity contribution is 6.01. The molecule has 0 aromatic carbocycles. The molecule has 1 aromatic heterocycles. The van der Waals surface area contributed by atoms with E-state index in [1.54, 1.807) is 0 Å². The molecule has 1 aliphatic carbocycles. The number of nitrogens with zero attached hydrogens (tertiary/aromatic N) is 3. The minimum Gasteiger partial charge on any atom is -0.384 e. The average molecular weight is 289 g/mol. The molecule has 5 heteroatoms. The Labute approximate surface area is 127 Å². The van der Waals surface area contributed by atoms with Crippen molar-refractivity contribution < 1.29 is 0 Å². The number of rotatable bonds is 7. The summed E-state index contributed by atoms with van der Waals surface area (Å²) in [6, 6.07) is 0. The summed E-state index contributed by atoms with van der Waals surface area (Å²) in [5, 5.41) is 16.8. The van der Waals surface area contributed by atoms with E-state index in [4.69, 9.17) is 11.1 Å². The van der Waals surface area contributed by atoms with Gasteiger partial charge < -0.3 is 10.6 Å². The highest BCUT2D eigenvalue weighted by Gasteiger charge is 2.25. The number of amidine groups is 1. The fourth-order valence-electron chi connectivity index (χ4n) is 3.02. The third kappa shape index (κ3) is 3.17. The lowest BCUT2D eigenvalue weighted by molar-refractivity contribution is 0.318.